The number of hydrogen-bond donors (Lipinski definition) is 1. The number of halogens is 1. The van der Waals surface area contributed by atoms with E-state index in [0.29, 0.717) is 23.3 Å². The molecule has 0 bridgehead atoms. The van der Waals surface area contributed by atoms with E-state index in [1.54, 1.807) is 13.2 Å². The smallest absolute Gasteiger partial charge is 0.131 e. The van der Waals surface area contributed by atoms with Crippen LogP contribution in [0.15, 0.2) is 18.2 Å². The molecule has 1 fully saturated rings. The van der Waals surface area contributed by atoms with E-state index in [2.05, 4.69) is 12.2 Å². The van der Waals surface area contributed by atoms with Crippen LogP contribution >= 0.6 is 0 Å². The number of ether oxygens (including phenoxy) is 1. The van der Waals surface area contributed by atoms with Crippen LogP contribution in [0.1, 0.15) is 51.1 Å². The highest BCUT2D eigenvalue weighted by molar-refractivity contribution is 5.37. The van der Waals surface area contributed by atoms with Crippen molar-refractivity contribution in [2.75, 3.05) is 7.11 Å². The molecule has 1 aromatic rings. The number of methoxy groups -OCH3 is 1. The lowest BCUT2D eigenvalue weighted by molar-refractivity contribution is 0.259. The van der Waals surface area contributed by atoms with E-state index in [9.17, 15) is 4.39 Å². The molecule has 0 amide bonds. The van der Waals surface area contributed by atoms with Crippen molar-refractivity contribution in [3.05, 3.63) is 29.6 Å². The molecule has 3 atom stereocenters. The summed E-state index contributed by atoms with van der Waals surface area (Å²) in [5.41, 5.74) is 0.641. The molecule has 0 saturated heterocycles. The van der Waals surface area contributed by atoms with Crippen LogP contribution < -0.4 is 10.1 Å². The highest BCUT2D eigenvalue weighted by Crippen LogP contribution is 2.31. The highest BCUT2D eigenvalue weighted by Gasteiger charge is 2.25. The number of benzene rings is 1. The first-order valence-electron chi connectivity index (χ1n) is 7.22. The van der Waals surface area contributed by atoms with Crippen molar-refractivity contribution in [2.45, 2.75) is 51.6 Å². The van der Waals surface area contributed by atoms with Crippen LogP contribution in [0.2, 0.25) is 0 Å². The minimum absolute atomic E-state index is 0.0262. The van der Waals surface area contributed by atoms with Crippen molar-refractivity contribution in [3.8, 4) is 5.75 Å². The Morgan fingerprint density at radius 2 is 2.05 bits per heavy atom. The van der Waals surface area contributed by atoms with E-state index >= 15 is 0 Å². The van der Waals surface area contributed by atoms with Crippen molar-refractivity contribution in [1.82, 2.24) is 5.32 Å². The van der Waals surface area contributed by atoms with E-state index in [1.807, 2.05) is 13.0 Å². The van der Waals surface area contributed by atoms with Crippen LogP contribution in [0.3, 0.4) is 0 Å². The molecule has 0 radical (unpaired) electrons. The summed E-state index contributed by atoms with van der Waals surface area (Å²) in [6.07, 6.45) is 5.03. The highest BCUT2D eigenvalue weighted by atomic mass is 19.1. The molecule has 1 N–H and O–H groups in total. The molecule has 19 heavy (non-hydrogen) atoms. The summed E-state index contributed by atoms with van der Waals surface area (Å²) in [4.78, 5) is 0. The average Bonchev–Trinajstić information content (AvgIpc) is 2.40. The minimum atomic E-state index is -0.192. The van der Waals surface area contributed by atoms with Gasteiger partial charge in [-0.3, -0.25) is 0 Å². The Bertz CT molecular complexity index is 421. The Morgan fingerprint density at radius 3 is 2.74 bits per heavy atom. The van der Waals surface area contributed by atoms with Crippen LogP contribution in [-0.4, -0.2) is 13.2 Å². The zero-order chi connectivity index (χ0) is 13.8. The summed E-state index contributed by atoms with van der Waals surface area (Å²) in [5.74, 6) is 1.10. The van der Waals surface area contributed by atoms with E-state index in [-0.39, 0.29) is 11.9 Å². The fourth-order valence-electron chi connectivity index (χ4n) is 3.08. The monoisotopic (exact) mass is 265 g/mol. The third-order valence-electron chi connectivity index (χ3n) is 4.24. The Morgan fingerprint density at radius 1 is 1.32 bits per heavy atom. The van der Waals surface area contributed by atoms with Crippen LogP contribution in [0.4, 0.5) is 4.39 Å². The maximum Gasteiger partial charge on any atom is 0.131 e. The molecule has 2 nitrogen and oxygen atoms in total. The van der Waals surface area contributed by atoms with Crippen LogP contribution in [-0.2, 0) is 0 Å². The summed E-state index contributed by atoms with van der Waals surface area (Å²) >= 11 is 0. The van der Waals surface area contributed by atoms with Crippen LogP contribution in [0, 0.1) is 11.7 Å². The molecule has 3 unspecified atom stereocenters. The lowest BCUT2D eigenvalue weighted by Crippen LogP contribution is -2.39. The zero-order valence-corrected chi connectivity index (χ0v) is 12.1. The standard InChI is InChI=1S/C16H24FNO/c1-11-7-4-5-9-14(11)18-12(2)16-13(17)8-6-10-15(16)19-3/h6,8,10-12,14,18H,4-5,7,9H2,1-3H3. The molecule has 0 heterocycles. The maximum atomic E-state index is 14.0. The minimum Gasteiger partial charge on any atom is -0.496 e. The lowest BCUT2D eigenvalue weighted by atomic mass is 9.85. The lowest BCUT2D eigenvalue weighted by Gasteiger charge is -2.32. The fourth-order valence-corrected chi connectivity index (χ4v) is 3.08. The van der Waals surface area contributed by atoms with Gasteiger partial charge in [-0.1, -0.05) is 25.8 Å². The molecule has 1 saturated carbocycles. The number of hydrogen-bond acceptors (Lipinski definition) is 2. The van der Waals surface area contributed by atoms with Gasteiger partial charge in [-0.25, -0.2) is 4.39 Å². The van der Waals surface area contributed by atoms with Crippen molar-refractivity contribution in [2.24, 2.45) is 5.92 Å². The SMILES string of the molecule is COc1cccc(F)c1C(C)NC1CCCCC1C. The van der Waals surface area contributed by atoms with E-state index in [0.717, 1.165) is 0 Å². The van der Waals surface area contributed by atoms with Crippen LogP contribution in [0.5, 0.6) is 5.75 Å². The molecular weight excluding hydrogens is 241 g/mol. The van der Waals surface area contributed by atoms with Gasteiger partial charge in [-0.15, -0.1) is 0 Å². The molecule has 1 aliphatic carbocycles. The van der Waals surface area contributed by atoms with E-state index in [1.165, 1.54) is 31.7 Å². The summed E-state index contributed by atoms with van der Waals surface area (Å²) in [6.45, 7) is 4.30. The van der Waals surface area contributed by atoms with Gasteiger partial charge in [-0.2, -0.15) is 0 Å². The van der Waals surface area contributed by atoms with Gasteiger partial charge in [0.15, 0.2) is 0 Å². The first-order valence-corrected chi connectivity index (χ1v) is 7.22. The molecule has 0 aliphatic heterocycles. The first-order chi connectivity index (χ1) is 9.13. The second kappa shape index (κ2) is 6.38. The van der Waals surface area contributed by atoms with Gasteiger partial charge in [0.2, 0.25) is 0 Å². The molecular formula is C16H24FNO. The van der Waals surface area contributed by atoms with Gasteiger partial charge in [0.25, 0.3) is 0 Å². The molecule has 0 spiro atoms. The zero-order valence-electron chi connectivity index (χ0n) is 12.1. The summed E-state index contributed by atoms with van der Waals surface area (Å²) in [5, 5.41) is 3.58. The normalized spacial score (nSPS) is 25.1. The Balaban J connectivity index is 2.13. The van der Waals surface area contributed by atoms with Gasteiger partial charge in [0, 0.05) is 17.6 Å². The average molecular weight is 265 g/mol. The predicted molar refractivity (Wildman–Crippen MR) is 75.9 cm³/mol. The third-order valence-corrected chi connectivity index (χ3v) is 4.24. The molecule has 2 rings (SSSR count). The Hall–Kier alpha value is -1.09. The Labute approximate surface area is 115 Å². The predicted octanol–water partition coefficient (Wildman–Crippen LogP) is 4.06. The quantitative estimate of drug-likeness (QED) is 0.886. The molecule has 3 heteroatoms. The van der Waals surface area contributed by atoms with Gasteiger partial charge in [0.05, 0.1) is 7.11 Å². The van der Waals surface area contributed by atoms with E-state index in [4.69, 9.17) is 4.74 Å². The van der Waals surface area contributed by atoms with Crippen molar-refractivity contribution in [1.29, 1.82) is 0 Å². The number of rotatable bonds is 4. The summed E-state index contributed by atoms with van der Waals surface area (Å²) in [7, 11) is 1.59. The number of nitrogens with one attached hydrogen (secondary N) is 1. The van der Waals surface area contributed by atoms with Gasteiger partial charge >= 0.3 is 0 Å². The third kappa shape index (κ3) is 3.27. The molecule has 1 aromatic carbocycles. The van der Waals surface area contributed by atoms with Crippen molar-refractivity contribution >= 4 is 0 Å². The van der Waals surface area contributed by atoms with Gasteiger partial charge < -0.3 is 10.1 Å². The van der Waals surface area contributed by atoms with Crippen molar-refractivity contribution < 1.29 is 9.13 Å². The summed E-state index contributed by atoms with van der Waals surface area (Å²) < 4.78 is 19.3. The van der Waals surface area contributed by atoms with Gasteiger partial charge in [-0.05, 0) is 37.8 Å². The largest absolute Gasteiger partial charge is 0.496 e. The maximum absolute atomic E-state index is 14.0. The van der Waals surface area contributed by atoms with Crippen LogP contribution in [0.25, 0.3) is 0 Å². The molecule has 0 aromatic heterocycles. The fraction of sp³-hybridized carbons (Fsp3) is 0.625. The second-order valence-corrected chi connectivity index (χ2v) is 5.61. The topological polar surface area (TPSA) is 21.3 Å². The Kier molecular flexibility index (Phi) is 4.81. The van der Waals surface area contributed by atoms with Crippen molar-refractivity contribution in [3.63, 3.8) is 0 Å². The molecule has 106 valence electrons. The van der Waals surface area contributed by atoms with Gasteiger partial charge in [0.1, 0.15) is 11.6 Å². The molecule has 1 aliphatic rings. The first kappa shape index (κ1) is 14.3. The second-order valence-electron chi connectivity index (χ2n) is 5.61. The van der Waals surface area contributed by atoms with E-state index < -0.39 is 0 Å². The summed E-state index contributed by atoms with van der Waals surface area (Å²) in [6, 6.07) is 5.46.